The molecule has 0 spiro atoms. The Morgan fingerprint density at radius 1 is 1.40 bits per heavy atom. The normalized spacial score (nSPS) is 25.3. The van der Waals surface area contributed by atoms with Gasteiger partial charge in [-0.05, 0) is 38.8 Å². The number of benzene rings is 1. The van der Waals surface area contributed by atoms with Crippen LogP contribution >= 0.6 is 0 Å². The predicted octanol–water partition coefficient (Wildman–Crippen LogP) is 3.52. The average Bonchev–Trinajstić information content (AvgIpc) is 2.94. The molecule has 1 aromatic carbocycles. The highest BCUT2D eigenvalue weighted by Crippen LogP contribution is 2.33. The standard InChI is InChI=1S/C18H24F2N4O/c1-11(22-16(25)12-7-5-6-10-18(12,2)21)15-23-13-8-3-4-9-14(13)24(15)17(19)20/h3-4,8-9,11-12,17H,5-7,10,21H2,1-2H3,(H,22,25). The van der Waals surface area contributed by atoms with Gasteiger partial charge in [-0.15, -0.1) is 0 Å². The van der Waals surface area contributed by atoms with Gasteiger partial charge in [-0.1, -0.05) is 25.0 Å². The van der Waals surface area contributed by atoms with Crippen molar-refractivity contribution in [2.45, 2.75) is 57.7 Å². The van der Waals surface area contributed by atoms with Crippen molar-refractivity contribution in [3.05, 3.63) is 30.1 Å². The number of para-hydroxylation sites is 2. The molecule has 0 aliphatic heterocycles. The maximum atomic E-state index is 13.6. The molecular weight excluding hydrogens is 326 g/mol. The summed E-state index contributed by atoms with van der Waals surface area (Å²) in [6, 6.07) is 6.10. The molecule has 1 saturated carbocycles. The highest BCUT2D eigenvalue weighted by molar-refractivity contribution is 5.81. The molecule has 0 radical (unpaired) electrons. The van der Waals surface area contributed by atoms with E-state index in [-0.39, 0.29) is 17.6 Å². The third kappa shape index (κ3) is 3.38. The Balaban J connectivity index is 1.86. The van der Waals surface area contributed by atoms with Crippen molar-refractivity contribution in [1.82, 2.24) is 14.9 Å². The summed E-state index contributed by atoms with van der Waals surface area (Å²) in [4.78, 5) is 17.0. The van der Waals surface area contributed by atoms with Gasteiger partial charge in [0.15, 0.2) is 0 Å². The van der Waals surface area contributed by atoms with E-state index >= 15 is 0 Å². The second-order valence-corrected chi connectivity index (χ2v) is 7.14. The lowest BCUT2D eigenvalue weighted by Gasteiger charge is -2.37. The quantitative estimate of drug-likeness (QED) is 0.886. The Morgan fingerprint density at radius 2 is 2.12 bits per heavy atom. The number of carbonyl (C=O) groups is 1. The number of aromatic nitrogens is 2. The third-order valence-corrected chi connectivity index (χ3v) is 5.14. The van der Waals surface area contributed by atoms with E-state index in [1.165, 1.54) is 0 Å². The van der Waals surface area contributed by atoms with Gasteiger partial charge in [0.2, 0.25) is 5.91 Å². The van der Waals surface area contributed by atoms with Crippen LogP contribution in [-0.2, 0) is 4.79 Å². The van der Waals surface area contributed by atoms with E-state index in [1.54, 1.807) is 31.2 Å². The number of amides is 1. The number of hydrogen-bond acceptors (Lipinski definition) is 3. The monoisotopic (exact) mass is 350 g/mol. The molecule has 1 heterocycles. The summed E-state index contributed by atoms with van der Waals surface area (Å²) in [6.45, 7) is 0.834. The predicted molar refractivity (Wildman–Crippen MR) is 92.1 cm³/mol. The van der Waals surface area contributed by atoms with E-state index in [4.69, 9.17) is 5.73 Å². The van der Waals surface area contributed by atoms with Crippen LogP contribution in [0.1, 0.15) is 57.9 Å². The molecule has 1 fully saturated rings. The maximum absolute atomic E-state index is 13.6. The fourth-order valence-corrected chi connectivity index (χ4v) is 3.74. The van der Waals surface area contributed by atoms with Gasteiger partial charge >= 0.3 is 6.55 Å². The van der Waals surface area contributed by atoms with E-state index in [0.29, 0.717) is 11.0 Å². The highest BCUT2D eigenvalue weighted by atomic mass is 19.3. The van der Waals surface area contributed by atoms with Crippen LogP contribution in [0.3, 0.4) is 0 Å². The van der Waals surface area contributed by atoms with Gasteiger partial charge in [-0.25, -0.2) is 4.98 Å². The van der Waals surface area contributed by atoms with Crippen LogP contribution in [0, 0.1) is 5.92 Å². The van der Waals surface area contributed by atoms with Crippen LogP contribution in [0.15, 0.2) is 24.3 Å². The van der Waals surface area contributed by atoms with Crippen LogP contribution in [0.25, 0.3) is 11.0 Å². The molecular formula is C18H24F2N4O. The Hall–Kier alpha value is -2.02. The molecule has 2 aromatic rings. The molecule has 3 rings (SSSR count). The highest BCUT2D eigenvalue weighted by Gasteiger charge is 2.38. The fourth-order valence-electron chi connectivity index (χ4n) is 3.74. The summed E-state index contributed by atoms with van der Waals surface area (Å²) < 4.78 is 28.0. The van der Waals surface area contributed by atoms with Gasteiger partial charge in [0.1, 0.15) is 5.82 Å². The minimum atomic E-state index is -2.73. The summed E-state index contributed by atoms with van der Waals surface area (Å²) in [5.41, 5.74) is 6.55. The van der Waals surface area contributed by atoms with Crippen molar-refractivity contribution in [3.8, 4) is 0 Å². The number of nitrogens with zero attached hydrogens (tertiary/aromatic N) is 2. The molecule has 1 aliphatic rings. The lowest BCUT2D eigenvalue weighted by Crippen LogP contribution is -2.53. The number of nitrogens with two attached hydrogens (primary N) is 1. The maximum Gasteiger partial charge on any atom is 0.320 e. The van der Waals surface area contributed by atoms with E-state index in [2.05, 4.69) is 10.3 Å². The second-order valence-electron chi connectivity index (χ2n) is 7.14. The number of carbonyl (C=O) groups excluding carboxylic acids is 1. The van der Waals surface area contributed by atoms with Gasteiger partial charge in [-0.2, -0.15) is 8.78 Å². The van der Waals surface area contributed by atoms with Gasteiger partial charge in [0.05, 0.1) is 23.0 Å². The van der Waals surface area contributed by atoms with Crippen molar-refractivity contribution in [3.63, 3.8) is 0 Å². The van der Waals surface area contributed by atoms with Gasteiger partial charge < -0.3 is 11.1 Å². The Kier molecular flexibility index (Phi) is 4.77. The smallest absolute Gasteiger partial charge is 0.320 e. The van der Waals surface area contributed by atoms with Crippen molar-refractivity contribution in [2.75, 3.05) is 0 Å². The first-order valence-corrected chi connectivity index (χ1v) is 8.65. The average molecular weight is 350 g/mol. The molecule has 0 saturated heterocycles. The van der Waals surface area contributed by atoms with E-state index in [1.807, 2.05) is 6.92 Å². The first-order valence-electron chi connectivity index (χ1n) is 8.65. The lowest BCUT2D eigenvalue weighted by atomic mass is 9.74. The molecule has 1 amide bonds. The number of hydrogen-bond donors (Lipinski definition) is 2. The zero-order valence-electron chi connectivity index (χ0n) is 14.5. The number of halogens is 2. The summed E-state index contributed by atoms with van der Waals surface area (Å²) in [5.74, 6) is -0.350. The van der Waals surface area contributed by atoms with Crippen LogP contribution in [-0.4, -0.2) is 21.0 Å². The first-order chi connectivity index (χ1) is 11.8. The molecule has 3 unspecified atom stereocenters. The lowest BCUT2D eigenvalue weighted by molar-refractivity contribution is -0.128. The van der Waals surface area contributed by atoms with Crippen LogP contribution in [0.4, 0.5) is 8.78 Å². The zero-order chi connectivity index (χ0) is 18.2. The van der Waals surface area contributed by atoms with E-state index in [9.17, 15) is 13.6 Å². The number of rotatable bonds is 4. The Labute approximate surface area is 145 Å². The fraction of sp³-hybridized carbons (Fsp3) is 0.556. The van der Waals surface area contributed by atoms with E-state index < -0.39 is 18.1 Å². The first kappa shape index (κ1) is 17.8. The molecule has 5 nitrogen and oxygen atoms in total. The molecule has 3 atom stereocenters. The zero-order valence-corrected chi connectivity index (χ0v) is 14.5. The largest absolute Gasteiger partial charge is 0.346 e. The number of nitrogens with one attached hydrogen (secondary N) is 1. The number of fused-ring (bicyclic) bond motifs is 1. The molecule has 0 bridgehead atoms. The third-order valence-electron chi connectivity index (χ3n) is 5.14. The summed E-state index contributed by atoms with van der Waals surface area (Å²) in [5, 5.41) is 2.84. The van der Waals surface area contributed by atoms with Crippen LogP contribution in [0.5, 0.6) is 0 Å². The minimum absolute atomic E-state index is 0.152. The molecule has 25 heavy (non-hydrogen) atoms. The number of imidazole rings is 1. The summed E-state index contributed by atoms with van der Waals surface area (Å²) in [7, 11) is 0. The van der Waals surface area contributed by atoms with Gasteiger partial charge in [0.25, 0.3) is 0 Å². The molecule has 1 aromatic heterocycles. The molecule has 3 N–H and O–H groups in total. The summed E-state index contributed by atoms with van der Waals surface area (Å²) in [6.07, 6.45) is 3.47. The second kappa shape index (κ2) is 6.71. The van der Waals surface area contributed by atoms with Crippen molar-refractivity contribution < 1.29 is 13.6 Å². The number of alkyl halides is 2. The molecule has 7 heteroatoms. The molecule has 1 aliphatic carbocycles. The Morgan fingerprint density at radius 3 is 2.80 bits per heavy atom. The van der Waals surface area contributed by atoms with Crippen LogP contribution in [0.2, 0.25) is 0 Å². The SMILES string of the molecule is CC(NC(=O)C1CCCCC1(C)N)c1nc2ccccc2n1C(F)F. The minimum Gasteiger partial charge on any atom is -0.346 e. The van der Waals surface area contributed by atoms with Crippen molar-refractivity contribution >= 4 is 16.9 Å². The topological polar surface area (TPSA) is 72.9 Å². The van der Waals surface area contributed by atoms with E-state index in [0.717, 1.165) is 30.3 Å². The van der Waals surface area contributed by atoms with Crippen molar-refractivity contribution in [1.29, 1.82) is 0 Å². The van der Waals surface area contributed by atoms with Crippen LogP contribution < -0.4 is 11.1 Å². The van der Waals surface area contributed by atoms with Gasteiger partial charge in [-0.3, -0.25) is 9.36 Å². The summed E-state index contributed by atoms with van der Waals surface area (Å²) >= 11 is 0. The molecule has 136 valence electrons. The Bertz CT molecular complexity index is 772. The van der Waals surface area contributed by atoms with Crippen molar-refractivity contribution in [2.24, 2.45) is 11.7 Å². The van der Waals surface area contributed by atoms with Gasteiger partial charge in [0, 0.05) is 5.54 Å².